The van der Waals surface area contributed by atoms with Gasteiger partial charge in [-0.3, -0.25) is 14.2 Å². The van der Waals surface area contributed by atoms with Crippen molar-refractivity contribution < 1.29 is 4.79 Å². The number of benzene rings is 1. The molecule has 0 spiro atoms. The maximum absolute atomic E-state index is 13.3. The van der Waals surface area contributed by atoms with Gasteiger partial charge in [0.15, 0.2) is 5.16 Å². The van der Waals surface area contributed by atoms with Crippen molar-refractivity contribution in [2.24, 2.45) is 5.92 Å². The third-order valence-corrected chi connectivity index (χ3v) is 7.62. The van der Waals surface area contributed by atoms with E-state index in [1.807, 2.05) is 35.8 Å². The van der Waals surface area contributed by atoms with Gasteiger partial charge in [-0.1, -0.05) is 56.5 Å². The minimum atomic E-state index is -0.287. The Balaban J connectivity index is 1.59. The largest absolute Gasteiger partial charge is 0.352 e. The van der Waals surface area contributed by atoms with Gasteiger partial charge >= 0.3 is 0 Å². The van der Waals surface area contributed by atoms with Crippen LogP contribution in [0.1, 0.15) is 71.3 Å². The molecule has 0 bridgehead atoms. The Labute approximate surface area is 176 Å². The Morgan fingerprint density at radius 3 is 2.59 bits per heavy atom. The summed E-state index contributed by atoms with van der Waals surface area (Å²) >= 11 is 1.42. The molecule has 2 aliphatic rings. The molecule has 0 saturated heterocycles. The lowest BCUT2D eigenvalue weighted by Gasteiger charge is -2.30. The van der Waals surface area contributed by atoms with Crippen molar-refractivity contribution in [3.63, 3.8) is 0 Å². The zero-order chi connectivity index (χ0) is 20.4. The first-order chi connectivity index (χ1) is 14.0. The van der Waals surface area contributed by atoms with Crippen molar-refractivity contribution in [2.45, 2.75) is 87.7 Å². The standard InChI is InChI=1S/C23H31N3O2S/c1-15-9-3-7-13-19(15)24-21(27)16(2)29-23-25-20-14-8-6-12-18(20)22(28)26(23)17-10-4-5-11-17/h6,8,12,14-17,19H,3-5,7,9-11,13H2,1-2H3,(H,24,27)/t15-,16-,19+/m1/s1. The highest BCUT2D eigenvalue weighted by Gasteiger charge is 2.28. The zero-order valence-electron chi connectivity index (χ0n) is 17.4. The molecular weight excluding hydrogens is 382 g/mol. The summed E-state index contributed by atoms with van der Waals surface area (Å²) in [5, 5.41) is 4.31. The summed E-state index contributed by atoms with van der Waals surface area (Å²) in [7, 11) is 0. The topological polar surface area (TPSA) is 64.0 Å². The molecule has 1 heterocycles. The summed E-state index contributed by atoms with van der Waals surface area (Å²) in [5.41, 5.74) is 0.737. The Bertz CT molecular complexity index is 935. The molecule has 2 aromatic rings. The molecule has 0 aliphatic heterocycles. The Morgan fingerprint density at radius 2 is 1.83 bits per heavy atom. The lowest BCUT2D eigenvalue weighted by Crippen LogP contribution is -2.44. The van der Waals surface area contributed by atoms with Crippen LogP contribution in [0.5, 0.6) is 0 Å². The van der Waals surface area contributed by atoms with Gasteiger partial charge in [-0.2, -0.15) is 0 Å². The average molecular weight is 414 g/mol. The fourth-order valence-corrected chi connectivity index (χ4v) is 5.72. The van der Waals surface area contributed by atoms with E-state index < -0.39 is 0 Å². The molecule has 1 aromatic carbocycles. The maximum Gasteiger partial charge on any atom is 0.262 e. The highest BCUT2D eigenvalue weighted by Crippen LogP contribution is 2.33. The number of hydrogen-bond donors (Lipinski definition) is 1. The summed E-state index contributed by atoms with van der Waals surface area (Å²) in [4.78, 5) is 31.0. The van der Waals surface area contributed by atoms with Crippen molar-refractivity contribution in [1.82, 2.24) is 14.9 Å². The molecule has 5 nitrogen and oxygen atoms in total. The number of nitrogens with one attached hydrogen (secondary N) is 1. The van der Waals surface area contributed by atoms with Gasteiger partial charge in [0.25, 0.3) is 5.56 Å². The van der Waals surface area contributed by atoms with Crippen LogP contribution in [0.2, 0.25) is 0 Å². The number of thioether (sulfide) groups is 1. The molecule has 1 N–H and O–H groups in total. The SMILES string of the molecule is C[C@@H]1CCCC[C@@H]1NC(=O)[C@@H](C)Sc1nc2ccccc2c(=O)n1C1CCCC1. The van der Waals surface area contributed by atoms with Gasteiger partial charge in [-0.05, 0) is 50.7 Å². The maximum atomic E-state index is 13.3. The van der Waals surface area contributed by atoms with Gasteiger partial charge < -0.3 is 5.32 Å². The molecule has 4 rings (SSSR count). The molecule has 29 heavy (non-hydrogen) atoms. The molecule has 6 heteroatoms. The highest BCUT2D eigenvalue weighted by atomic mass is 32.2. The summed E-state index contributed by atoms with van der Waals surface area (Å²) in [6.45, 7) is 4.15. The van der Waals surface area contributed by atoms with E-state index in [2.05, 4.69) is 12.2 Å². The fraction of sp³-hybridized carbons (Fsp3) is 0.609. The lowest BCUT2D eigenvalue weighted by molar-refractivity contribution is -0.121. The number of carbonyl (C=O) groups excluding carboxylic acids is 1. The van der Waals surface area contributed by atoms with E-state index in [0.29, 0.717) is 22.0 Å². The monoisotopic (exact) mass is 413 g/mol. The average Bonchev–Trinajstić information content (AvgIpc) is 3.24. The number of carbonyl (C=O) groups is 1. The van der Waals surface area contributed by atoms with E-state index in [1.54, 1.807) is 0 Å². The van der Waals surface area contributed by atoms with Gasteiger partial charge in [-0.15, -0.1) is 0 Å². The van der Waals surface area contributed by atoms with Crippen molar-refractivity contribution in [1.29, 1.82) is 0 Å². The fourth-order valence-electron chi connectivity index (χ4n) is 4.74. The first-order valence-corrected chi connectivity index (χ1v) is 11.9. The number of nitrogens with zero attached hydrogens (tertiary/aromatic N) is 2. The Morgan fingerprint density at radius 1 is 1.14 bits per heavy atom. The molecule has 2 aliphatic carbocycles. The molecule has 2 fully saturated rings. The quantitative estimate of drug-likeness (QED) is 0.571. The summed E-state index contributed by atoms with van der Waals surface area (Å²) in [5.74, 6) is 0.578. The first-order valence-electron chi connectivity index (χ1n) is 11.0. The number of para-hydroxylation sites is 1. The van der Waals surface area contributed by atoms with Gasteiger partial charge in [0.1, 0.15) is 0 Å². The number of amides is 1. The van der Waals surface area contributed by atoms with Crippen LogP contribution in [0.25, 0.3) is 10.9 Å². The third kappa shape index (κ3) is 4.37. The van der Waals surface area contributed by atoms with Crippen LogP contribution in [-0.4, -0.2) is 26.8 Å². The predicted molar refractivity (Wildman–Crippen MR) is 118 cm³/mol. The molecular formula is C23H31N3O2S. The van der Waals surface area contributed by atoms with Crippen molar-refractivity contribution in [3.8, 4) is 0 Å². The second-order valence-electron chi connectivity index (χ2n) is 8.66. The minimum absolute atomic E-state index is 0.0264. The molecule has 0 unspecified atom stereocenters. The Hall–Kier alpha value is -1.82. The van der Waals surface area contributed by atoms with Crippen LogP contribution in [0.3, 0.4) is 0 Å². The van der Waals surface area contributed by atoms with Crippen LogP contribution in [0.15, 0.2) is 34.2 Å². The van der Waals surface area contributed by atoms with Gasteiger partial charge in [0.2, 0.25) is 5.91 Å². The highest BCUT2D eigenvalue weighted by molar-refractivity contribution is 8.00. The van der Waals surface area contributed by atoms with Crippen molar-refractivity contribution >= 4 is 28.6 Å². The van der Waals surface area contributed by atoms with E-state index in [0.717, 1.165) is 32.1 Å². The lowest BCUT2D eigenvalue weighted by atomic mass is 9.86. The van der Waals surface area contributed by atoms with E-state index >= 15 is 0 Å². The van der Waals surface area contributed by atoms with Crippen molar-refractivity contribution in [2.75, 3.05) is 0 Å². The second-order valence-corrected chi connectivity index (χ2v) is 9.97. The first kappa shape index (κ1) is 20.5. The summed E-state index contributed by atoms with van der Waals surface area (Å²) < 4.78 is 1.87. The minimum Gasteiger partial charge on any atom is -0.352 e. The third-order valence-electron chi connectivity index (χ3n) is 6.56. The van der Waals surface area contributed by atoms with Crippen LogP contribution < -0.4 is 10.9 Å². The Kier molecular flexibility index (Phi) is 6.28. The van der Waals surface area contributed by atoms with Crippen LogP contribution in [0.4, 0.5) is 0 Å². The summed E-state index contributed by atoms with van der Waals surface area (Å²) in [6.07, 6.45) is 8.98. The zero-order valence-corrected chi connectivity index (χ0v) is 18.2. The van der Waals surface area contributed by atoms with E-state index in [-0.39, 0.29) is 28.8 Å². The van der Waals surface area contributed by atoms with Gasteiger partial charge in [0, 0.05) is 12.1 Å². The molecule has 0 radical (unpaired) electrons. The number of hydrogen-bond acceptors (Lipinski definition) is 4. The number of fused-ring (bicyclic) bond motifs is 1. The van der Waals surface area contributed by atoms with E-state index in [4.69, 9.17) is 4.98 Å². The van der Waals surface area contributed by atoms with Gasteiger partial charge in [0.05, 0.1) is 16.2 Å². The van der Waals surface area contributed by atoms with Crippen molar-refractivity contribution in [3.05, 3.63) is 34.6 Å². The van der Waals surface area contributed by atoms with Crippen LogP contribution in [0, 0.1) is 5.92 Å². The van der Waals surface area contributed by atoms with Crippen LogP contribution in [-0.2, 0) is 4.79 Å². The van der Waals surface area contributed by atoms with Crippen LogP contribution >= 0.6 is 11.8 Å². The van der Waals surface area contributed by atoms with E-state index in [9.17, 15) is 9.59 Å². The molecule has 1 aromatic heterocycles. The number of aromatic nitrogens is 2. The number of rotatable bonds is 5. The smallest absolute Gasteiger partial charge is 0.262 e. The molecule has 2 saturated carbocycles. The normalized spacial score (nSPS) is 23.9. The van der Waals surface area contributed by atoms with Gasteiger partial charge in [-0.25, -0.2) is 4.98 Å². The predicted octanol–water partition coefficient (Wildman–Crippen LogP) is 4.69. The summed E-state index contributed by atoms with van der Waals surface area (Å²) in [6, 6.07) is 7.98. The molecule has 156 valence electrons. The molecule has 3 atom stereocenters. The van der Waals surface area contributed by atoms with E-state index in [1.165, 1.54) is 31.0 Å². The molecule has 1 amide bonds. The second kappa shape index (κ2) is 8.90.